The zero-order valence-electron chi connectivity index (χ0n) is 8.33. The summed E-state index contributed by atoms with van der Waals surface area (Å²) in [6.45, 7) is 0. The van der Waals surface area contributed by atoms with Crippen LogP contribution in [0.25, 0.3) is 11.6 Å². The van der Waals surface area contributed by atoms with E-state index in [0.29, 0.717) is 5.01 Å². The van der Waals surface area contributed by atoms with E-state index in [4.69, 9.17) is 5.11 Å². The highest BCUT2D eigenvalue weighted by atomic mass is 32.1. The molecule has 0 unspecified atom stereocenters. The van der Waals surface area contributed by atoms with E-state index in [1.807, 2.05) is 30.3 Å². The molecule has 3 nitrogen and oxygen atoms in total. The summed E-state index contributed by atoms with van der Waals surface area (Å²) in [6.07, 6.45) is 3.23. The fraction of sp³-hybridized carbons (Fsp3) is 0. The number of carbonyl (C=O) groups is 1. The van der Waals surface area contributed by atoms with Crippen molar-refractivity contribution in [2.75, 3.05) is 0 Å². The van der Waals surface area contributed by atoms with Crippen molar-refractivity contribution in [3.8, 4) is 0 Å². The topological polar surface area (TPSA) is 50.2 Å². The fourth-order valence-electron chi connectivity index (χ4n) is 1.29. The molecule has 0 spiro atoms. The first-order valence-electron chi connectivity index (χ1n) is 4.67. The van der Waals surface area contributed by atoms with Crippen molar-refractivity contribution < 1.29 is 9.90 Å². The Morgan fingerprint density at radius 3 is 2.62 bits per heavy atom. The second kappa shape index (κ2) is 4.72. The van der Waals surface area contributed by atoms with Crippen molar-refractivity contribution in [1.82, 2.24) is 4.98 Å². The molecule has 2 rings (SSSR count). The van der Waals surface area contributed by atoms with Crippen molar-refractivity contribution in [2.24, 2.45) is 0 Å². The van der Waals surface area contributed by atoms with Gasteiger partial charge in [0, 0.05) is 11.6 Å². The van der Waals surface area contributed by atoms with Crippen LogP contribution in [0.15, 0.2) is 41.9 Å². The number of carboxylic acid groups (broad SMARTS) is 1. The summed E-state index contributed by atoms with van der Waals surface area (Å²) in [5, 5.41) is 11.4. The maximum Gasteiger partial charge on any atom is 0.338 e. The SMILES string of the molecule is O=C(O)C(=Cc1ccccc1)c1nccs1. The van der Waals surface area contributed by atoms with Crippen LogP contribution in [0, 0.1) is 0 Å². The van der Waals surface area contributed by atoms with Crippen LogP contribution in [-0.4, -0.2) is 16.1 Å². The molecule has 0 aliphatic rings. The number of thiazole rings is 1. The summed E-state index contributed by atoms with van der Waals surface area (Å²) >= 11 is 1.32. The van der Waals surface area contributed by atoms with E-state index in [0.717, 1.165) is 5.56 Å². The lowest BCUT2D eigenvalue weighted by Crippen LogP contribution is -1.98. The number of hydrogen-bond acceptors (Lipinski definition) is 3. The lowest BCUT2D eigenvalue weighted by Gasteiger charge is -1.98. The van der Waals surface area contributed by atoms with Gasteiger partial charge < -0.3 is 5.11 Å². The van der Waals surface area contributed by atoms with Gasteiger partial charge in [-0.15, -0.1) is 11.3 Å². The van der Waals surface area contributed by atoms with Crippen molar-refractivity contribution in [3.63, 3.8) is 0 Å². The molecule has 1 aromatic carbocycles. The van der Waals surface area contributed by atoms with Crippen LogP contribution in [-0.2, 0) is 4.79 Å². The number of aromatic nitrogens is 1. The van der Waals surface area contributed by atoms with Crippen LogP contribution >= 0.6 is 11.3 Å². The Kier molecular flexibility index (Phi) is 3.12. The Morgan fingerprint density at radius 1 is 1.31 bits per heavy atom. The number of benzene rings is 1. The molecule has 0 aliphatic carbocycles. The molecule has 2 aromatic rings. The van der Waals surface area contributed by atoms with Crippen molar-refractivity contribution in [2.45, 2.75) is 0 Å². The molecule has 1 heterocycles. The predicted molar refractivity (Wildman–Crippen MR) is 64.1 cm³/mol. The summed E-state index contributed by atoms with van der Waals surface area (Å²) in [5.41, 5.74) is 1.08. The summed E-state index contributed by atoms with van der Waals surface area (Å²) in [5.74, 6) is -0.959. The van der Waals surface area contributed by atoms with Gasteiger partial charge in [-0.1, -0.05) is 30.3 Å². The van der Waals surface area contributed by atoms with E-state index in [1.54, 1.807) is 17.7 Å². The minimum Gasteiger partial charge on any atom is -0.478 e. The van der Waals surface area contributed by atoms with E-state index < -0.39 is 5.97 Å². The van der Waals surface area contributed by atoms with Crippen LogP contribution in [0.5, 0.6) is 0 Å². The summed E-state index contributed by atoms with van der Waals surface area (Å²) in [6, 6.07) is 9.34. The van der Waals surface area contributed by atoms with E-state index in [1.165, 1.54) is 11.3 Å². The Balaban J connectivity index is 2.42. The lowest BCUT2D eigenvalue weighted by atomic mass is 10.1. The van der Waals surface area contributed by atoms with Crippen molar-refractivity contribution in [1.29, 1.82) is 0 Å². The third kappa shape index (κ3) is 2.35. The zero-order valence-corrected chi connectivity index (χ0v) is 9.15. The number of aliphatic carboxylic acids is 1. The molecular formula is C12H9NO2S. The van der Waals surface area contributed by atoms with Gasteiger partial charge in [-0.25, -0.2) is 9.78 Å². The van der Waals surface area contributed by atoms with Crippen molar-refractivity contribution >= 4 is 29.0 Å². The molecule has 0 radical (unpaired) electrons. The molecule has 0 amide bonds. The van der Waals surface area contributed by atoms with Crippen LogP contribution in [0.1, 0.15) is 10.6 Å². The normalized spacial score (nSPS) is 11.4. The highest BCUT2D eigenvalue weighted by Crippen LogP contribution is 2.20. The van der Waals surface area contributed by atoms with Gasteiger partial charge in [-0.05, 0) is 11.6 Å². The van der Waals surface area contributed by atoms with Gasteiger partial charge in [-0.2, -0.15) is 0 Å². The van der Waals surface area contributed by atoms with Gasteiger partial charge in [0.05, 0.1) is 5.57 Å². The molecule has 0 fully saturated rings. The molecule has 0 saturated heterocycles. The van der Waals surface area contributed by atoms with Gasteiger partial charge >= 0.3 is 5.97 Å². The molecule has 80 valence electrons. The Labute approximate surface area is 96.7 Å². The highest BCUT2D eigenvalue weighted by molar-refractivity contribution is 7.11. The molecule has 0 bridgehead atoms. The molecule has 0 atom stereocenters. The van der Waals surface area contributed by atoms with Gasteiger partial charge in [0.15, 0.2) is 0 Å². The van der Waals surface area contributed by atoms with E-state index in [2.05, 4.69) is 4.98 Å². The van der Waals surface area contributed by atoms with Crippen molar-refractivity contribution in [3.05, 3.63) is 52.5 Å². The highest BCUT2D eigenvalue weighted by Gasteiger charge is 2.12. The second-order valence-corrected chi connectivity index (χ2v) is 4.01. The molecule has 0 saturated carbocycles. The molecule has 16 heavy (non-hydrogen) atoms. The molecule has 1 N–H and O–H groups in total. The molecule has 4 heteroatoms. The monoisotopic (exact) mass is 231 g/mol. The first kappa shape index (κ1) is 10.6. The number of carboxylic acids is 1. The lowest BCUT2D eigenvalue weighted by molar-refractivity contribution is -0.130. The van der Waals surface area contributed by atoms with Crippen LogP contribution in [0.3, 0.4) is 0 Å². The van der Waals surface area contributed by atoms with E-state index in [-0.39, 0.29) is 5.57 Å². The van der Waals surface area contributed by atoms with Crippen LogP contribution in [0.4, 0.5) is 0 Å². The third-order valence-corrected chi connectivity index (χ3v) is 2.81. The first-order valence-corrected chi connectivity index (χ1v) is 5.55. The van der Waals surface area contributed by atoms with Gasteiger partial charge in [0.1, 0.15) is 5.01 Å². The minimum atomic E-state index is -0.959. The van der Waals surface area contributed by atoms with Gasteiger partial charge in [-0.3, -0.25) is 0 Å². The first-order chi connectivity index (χ1) is 7.77. The predicted octanol–water partition coefficient (Wildman–Crippen LogP) is 2.77. The second-order valence-electron chi connectivity index (χ2n) is 3.11. The average molecular weight is 231 g/mol. The number of rotatable bonds is 3. The smallest absolute Gasteiger partial charge is 0.338 e. The Bertz CT molecular complexity index is 503. The fourth-order valence-corrected chi connectivity index (χ4v) is 1.93. The Hall–Kier alpha value is -1.94. The minimum absolute atomic E-state index is 0.223. The standard InChI is InChI=1S/C12H9NO2S/c14-12(15)10(11-13-6-7-16-11)8-9-4-2-1-3-5-9/h1-8H,(H,14,15). The Morgan fingerprint density at radius 2 is 2.06 bits per heavy atom. The number of hydrogen-bond donors (Lipinski definition) is 1. The van der Waals surface area contributed by atoms with E-state index >= 15 is 0 Å². The molecular weight excluding hydrogens is 222 g/mol. The van der Waals surface area contributed by atoms with Crippen LogP contribution < -0.4 is 0 Å². The van der Waals surface area contributed by atoms with Crippen LogP contribution in [0.2, 0.25) is 0 Å². The molecule has 1 aromatic heterocycles. The number of nitrogens with zero attached hydrogens (tertiary/aromatic N) is 1. The van der Waals surface area contributed by atoms with E-state index in [9.17, 15) is 4.79 Å². The van der Waals surface area contributed by atoms with Gasteiger partial charge in [0.2, 0.25) is 0 Å². The maximum absolute atomic E-state index is 11.1. The zero-order chi connectivity index (χ0) is 11.4. The summed E-state index contributed by atoms with van der Waals surface area (Å²) in [7, 11) is 0. The molecule has 0 aliphatic heterocycles. The quantitative estimate of drug-likeness (QED) is 0.826. The van der Waals surface area contributed by atoms with Gasteiger partial charge in [0.25, 0.3) is 0 Å². The third-order valence-electron chi connectivity index (χ3n) is 2.00. The summed E-state index contributed by atoms with van der Waals surface area (Å²) < 4.78 is 0. The largest absolute Gasteiger partial charge is 0.478 e. The summed E-state index contributed by atoms with van der Waals surface area (Å²) in [4.78, 5) is 15.1. The maximum atomic E-state index is 11.1. The average Bonchev–Trinajstić information content (AvgIpc) is 2.80.